The minimum absolute atomic E-state index is 0.182. The van der Waals surface area contributed by atoms with Crippen molar-refractivity contribution in [1.29, 1.82) is 0 Å². The number of rotatable bonds is 2. The fourth-order valence-corrected chi connectivity index (χ4v) is 1.55. The summed E-state index contributed by atoms with van der Waals surface area (Å²) in [6, 6.07) is 0. The van der Waals surface area contributed by atoms with Gasteiger partial charge in [0.25, 0.3) is 0 Å². The Morgan fingerprint density at radius 3 is 2.50 bits per heavy atom. The van der Waals surface area contributed by atoms with Gasteiger partial charge in [-0.3, -0.25) is 0 Å². The Hall–Kier alpha value is -1.71. The van der Waals surface area contributed by atoms with Crippen LogP contribution in [0.25, 0.3) is 11.3 Å². The second-order valence-electron chi connectivity index (χ2n) is 4.99. The third-order valence-electron chi connectivity index (χ3n) is 2.16. The van der Waals surface area contributed by atoms with Crippen LogP contribution in [0.2, 0.25) is 0 Å². The van der Waals surface area contributed by atoms with Gasteiger partial charge in [-0.1, -0.05) is 20.8 Å². The van der Waals surface area contributed by atoms with Crippen molar-refractivity contribution in [1.82, 2.24) is 15.0 Å². The molecule has 0 bridgehead atoms. The summed E-state index contributed by atoms with van der Waals surface area (Å²) in [5.74, 6) is 0.774. The highest BCUT2D eigenvalue weighted by atomic mass is 16.3. The van der Waals surface area contributed by atoms with E-state index < -0.39 is 0 Å². The van der Waals surface area contributed by atoms with Gasteiger partial charge in [0.15, 0.2) is 12.2 Å². The molecule has 4 heteroatoms. The molecule has 0 aliphatic carbocycles. The lowest BCUT2D eigenvalue weighted by Gasteiger charge is -2.16. The standard InChI is InChI=1S/C12H15N3O/c1-12(2,3)4-10-11(16-8-15-10)9-5-13-7-14-6-9/h5-8H,4H2,1-3H3. The molecule has 0 saturated heterocycles. The first-order chi connectivity index (χ1) is 7.56. The second-order valence-corrected chi connectivity index (χ2v) is 4.99. The van der Waals surface area contributed by atoms with Crippen LogP contribution in [0, 0.1) is 5.41 Å². The van der Waals surface area contributed by atoms with Crippen molar-refractivity contribution >= 4 is 0 Å². The van der Waals surface area contributed by atoms with E-state index in [4.69, 9.17) is 4.42 Å². The van der Waals surface area contributed by atoms with Crippen LogP contribution in [0.5, 0.6) is 0 Å². The van der Waals surface area contributed by atoms with E-state index in [1.165, 1.54) is 12.7 Å². The molecule has 0 aromatic carbocycles. The maximum absolute atomic E-state index is 5.41. The summed E-state index contributed by atoms with van der Waals surface area (Å²) < 4.78 is 5.41. The summed E-state index contributed by atoms with van der Waals surface area (Å²) in [6.07, 6.45) is 7.32. The first-order valence-corrected chi connectivity index (χ1v) is 5.24. The molecule has 4 nitrogen and oxygen atoms in total. The third-order valence-corrected chi connectivity index (χ3v) is 2.16. The Morgan fingerprint density at radius 1 is 1.19 bits per heavy atom. The predicted octanol–water partition coefficient (Wildman–Crippen LogP) is 2.72. The van der Waals surface area contributed by atoms with E-state index in [9.17, 15) is 0 Å². The van der Waals surface area contributed by atoms with E-state index in [2.05, 4.69) is 35.7 Å². The van der Waals surface area contributed by atoms with E-state index in [0.29, 0.717) is 0 Å². The van der Waals surface area contributed by atoms with Crippen molar-refractivity contribution in [2.75, 3.05) is 0 Å². The highest BCUT2D eigenvalue weighted by Gasteiger charge is 2.18. The predicted molar refractivity (Wildman–Crippen MR) is 60.7 cm³/mol. The molecule has 0 spiro atoms. The van der Waals surface area contributed by atoms with Crippen LogP contribution in [-0.4, -0.2) is 15.0 Å². The van der Waals surface area contributed by atoms with Crippen molar-refractivity contribution < 1.29 is 4.42 Å². The van der Waals surface area contributed by atoms with E-state index >= 15 is 0 Å². The molecule has 0 amide bonds. The van der Waals surface area contributed by atoms with Crippen molar-refractivity contribution in [2.45, 2.75) is 27.2 Å². The van der Waals surface area contributed by atoms with E-state index in [-0.39, 0.29) is 5.41 Å². The molecule has 2 heterocycles. The summed E-state index contributed by atoms with van der Waals surface area (Å²) in [7, 11) is 0. The zero-order valence-electron chi connectivity index (χ0n) is 9.77. The van der Waals surface area contributed by atoms with Crippen LogP contribution in [0.15, 0.2) is 29.5 Å². The summed E-state index contributed by atoms with van der Waals surface area (Å²) in [6.45, 7) is 6.52. The van der Waals surface area contributed by atoms with E-state index in [0.717, 1.165) is 23.4 Å². The minimum atomic E-state index is 0.182. The summed E-state index contributed by atoms with van der Waals surface area (Å²) in [5, 5.41) is 0. The van der Waals surface area contributed by atoms with Crippen LogP contribution >= 0.6 is 0 Å². The molecule has 0 atom stereocenters. The van der Waals surface area contributed by atoms with Crippen molar-refractivity contribution in [3.8, 4) is 11.3 Å². The van der Waals surface area contributed by atoms with Crippen molar-refractivity contribution in [2.24, 2.45) is 5.41 Å². The molecule has 0 aliphatic rings. The molecule has 2 rings (SSSR count). The Balaban J connectivity index is 2.33. The molecule has 0 saturated carbocycles. The summed E-state index contributed by atoms with van der Waals surface area (Å²) in [4.78, 5) is 12.2. The molecule has 0 N–H and O–H groups in total. The Morgan fingerprint density at radius 2 is 1.88 bits per heavy atom. The number of nitrogens with zero attached hydrogens (tertiary/aromatic N) is 3. The van der Waals surface area contributed by atoms with Gasteiger partial charge >= 0.3 is 0 Å². The van der Waals surface area contributed by atoms with Crippen LogP contribution < -0.4 is 0 Å². The first-order valence-electron chi connectivity index (χ1n) is 5.24. The van der Waals surface area contributed by atoms with Gasteiger partial charge in [-0.05, 0) is 11.8 Å². The molecular formula is C12H15N3O. The molecular weight excluding hydrogens is 202 g/mol. The Labute approximate surface area is 94.8 Å². The van der Waals surface area contributed by atoms with E-state index in [1.807, 2.05) is 0 Å². The van der Waals surface area contributed by atoms with Crippen molar-refractivity contribution in [3.05, 3.63) is 30.8 Å². The molecule has 84 valence electrons. The van der Waals surface area contributed by atoms with Gasteiger partial charge in [0.2, 0.25) is 0 Å². The second kappa shape index (κ2) is 4.04. The lowest BCUT2D eigenvalue weighted by Crippen LogP contribution is -2.10. The average Bonchev–Trinajstić information content (AvgIpc) is 2.64. The topological polar surface area (TPSA) is 51.8 Å². The van der Waals surface area contributed by atoms with Gasteiger partial charge in [0.05, 0.1) is 11.3 Å². The maximum Gasteiger partial charge on any atom is 0.181 e. The molecule has 2 aromatic heterocycles. The molecule has 0 aliphatic heterocycles. The fourth-order valence-electron chi connectivity index (χ4n) is 1.55. The SMILES string of the molecule is CC(C)(C)Cc1ncoc1-c1cncnc1. The van der Waals surface area contributed by atoms with Gasteiger partial charge in [0.1, 0.15) is 6.33 Å². The molecule has 0 unspecified atom stereocenters. The highest BCUT2D eigenvalue weighted by Crippen LogP contribution is 2.27. The van der Waals surface area contributed by atoms with Gasteiger partial charge in [-0.15, -0.1) is 0 Å². The number of hydrogen-bond acceptors (Lipinski definition) is 4. The molecule has 16 heavy (non-hydrogen) atoms. The Bertz CT molecular complexity index is 457. The Kier molecular flexibility index (Phi) is 2.73. The molecule has 0 fully saturated rings. The molecule has 0 radical (unpaired) electrons. The fraction of sp³-hybridized carbons (Fsp3) is 0.417. The zero-order valence-corrected chi connectivity index (χ0v) is 9.77. The quantitative estimate of drug-likeness (QED) is 0.776. The monoisotopic (exact) mass is 217 g/mol. The minimum Gasteiger partial charge on any atom is -0.443 e. The summed E-state index contributed by atoms with van der Waals surface area (Å²) in [5.41, 5.74) is 2.02. The van der Waals surface area contributed by atoms with Gasteiger partial charge in [0, 0.05) is 12.4 Å². The number of oxazole rings is 1. The lowest BCUT2D eigenvalue weighted by atomic mass is 9.89. The van der Waals surface area contributed by atoms with Crippen LogP contribution in [0.1, 0.15) is 26.5 Å². The number of hydrogen-bond donors (Lipinski definition) is 0. The van der Waals surface area contributed by atoms with Gasteiger partial charge in [-0.25, -0.2) is 15.0 Å². The van der Waals surface area contributed by atoms with Crippen molar-refractivity contribution in [3.63, 3.8) is 0 Å². The van der Waals surface area contributed by atoms with Crippen LogP contribution in [0.4, 0.5) is 0 Å². The van der Waals surface area contributed by atoms with E-state index in [1.54, 1.807) is 12.4 Å². The first kappa shape index (κ1) is 10.8. The highest BCUT2D eigenvalue weighted by molar-refractivity contribution is 5.57. The maximum atomic E-state index is 5.41. The zero-order chi connectivity index (χ0) is 11.6. The van der Waals surface area contributed by atoms with Gasteiger partial charge in [-0.2, -0.15) is 0 Å². The molecule has 2 aromatic rings. The largest absolute Gasteiger partial charge is 0.443 e. The normalized spacial score (nSPS) is 11.7. The average molecular weight is 217 g/mol. The summed E-state index contributed by atoms with van der Waals surface area (Å²) >= 11 is 0. The number of aromatic nitrogens is 3. The smallest absolute Gasteiger partial charge is 0.181 e. The van der Waals surface area contributed by atoms with Gasteiger partial charge < -0.3 is 4.42 Å². The van der Waals surface area contributed by atoms with Crippen LogP contribution in [-0.2, 0) is 6.42 Å². The third kappa shape index (κ3) is 2.45. The lowest BCUT2D eigenvalue weighted by molar-refractivity contribution is 0.406. The van der Waals surface area contributed by atoms with Crippen LogP contribution in [0.3, 0.4) is 0 Å².